The van der Waals surface area contributed by atoms with E-state index in [2.05, 4.69) is 10.5 Å². The molecule has 0 saturated heterocycles. The summed E-state index contributed by atoms with van der Waals surface area (Å²) < 4.78 is 20.9. The molecule has 0 aliphatic carbocycles. The van der Waals surface area contributed by atoms with Gasteiger partial charge in [-0.25, -0.2) is 9.82 Å². The number of aromatic nitrogens is 2. The fourth-order valence-electron chi connectivity index (χ4n) is 2.45. The minimum absolute atomic E-state index is 0.286. The molecule has 0 bridgehead atoms. The molecule has 1 atom stereocenters. The van der Waals surface area contributed by atoms with Crippen molar-refractivity contribution >= 4 is 11.0 Å². The molecular weight excluding hydrogens is 259 g/mol. The monoisotopic (exact) mass is 274 g/mol. The molecule has 1 aromatic carbocycles. The van der Waals surface area contributed by atoms with Gasteiger partial charge in [-0.3, -0.25) is 10.5 Å². The molecule has 0 spiro atoms. The molecule has 20 heavy (non-hydrogen) atoms. The Morgan fingerprint density at radius 2 is 2.20 bits per heavy atom. The van der Waals surface area contributed by atoms with Crippen molar-refractivity contribution in [3.8, 4) is 0 Å². The number of aryl methyl sites for hydroxylation is 2. The Balaban J connectivity index is 2.18. The van der Waals surface area contributed by atoms with Gasteiger partial charge in [0.1, 0.15) is 23.2 Å². The van der Waals surface area contributed by atoms with Crippen LogP contribution in [0.2, 0.25) is 0 Å². The molecule has 0 saturated carbocycles. The van der Waals surface area contributed by atoms with Crippen LogP contribution in [0.25, 0.3) is 11.0 Å². The van der Waals surface area contributed by atoms with Gasteiger partial charge in [0.25, 0.3) is 0 Å². The smallest absolute Gasteiger partial charge is 0.134 e. The predicted molar refractivity (Wildman–Crippen MR) is 73.3 cm³/mol. The highest BCUT2D eigenvalue weighted by Gasteiger charge is 2.23. The summed E-state index contributed by atoms with van der Waals surface area (Å²) in [5, 5.41) is 4.88. The Labute approximate surface area is 115 Å². The second kappa shape index (κ2) is 4.73. The number of furan rings is 1. The molecule has 0 aliphatic rings. The molecule has 1 unspecified atom stereocenters. The predicted octanol–water partition coefficient (Wildman–Crippen LogP) is 2.17. The number of hydrogen-bond acceptors (Lipinski definition) is 4. The van der Waals surface area contributed by atoms with Gasteiger partial charge >= 0.3 is 0 Å². The van der Waals surface area contributed by atoms with Crippen molar-refractivity contribution < 1.29 is 8.81 Å². The average Bonchev–Trinajstić information content (AvgIpc) is 2.98. The molecule has 104 valence electrons. The van der Waals surface area contributed by atoms with E-state index in [1.807, 2.05) is 20.0 Å². The van der Waals surface area contributed by atoms with E-state index in [0.717, 1.165) is 16.6 Å². The van der Waals surface area contributed by atoms with Gasteiger partial charge in [0.05, 0.1) is 5.69 Å². The maximum atomic E-state index is 13.4. The number of benzene rings is 1. The maximum absolute atomic E-state index is 13.4. The molecule has 3 N–H and O–H groups in total. The van der Waals surface area contributed by atoms with Crippen molar-refractivity contribution in [2.24, 2.45) is 12.9 Å². The van der Waals surface area contributed by atoms with E-state index in [1.54, 1.807) is 16.9 Å². The molecule has 0 amide bonds. The minimum Gasteiger partial charge on any atom is -0.459 e. The minimum atomic E-state index is -0.335. The Morgan fingerprint density at radius 1 is 1.40 bits per heavy atom. The van der Waals surface area contributed by atoms with Crippen molar-refractivity contribution in [1.82, 2.24) is 15.2 Å². The number of nitrogens with two attached hydrogens (primary N) is 1. The van der Waals surface area contributed by atoms with Crippen LogP contribution in [0, 0.1) is 12.7 Å². The van der Waals surface area contributed by atoms with Crippen LogP contribution in [-0.4, -0.2) is 9.78 Å². The second-order valence-electron chi connectivity index (χ2n) is 4.71. The summed E-state index contributed by atoms with van der Waals surface area (Å²) in [7, 11) is 1.83. The summed E-state index contributed by atoms with van der Waals surface area (Å²) in [4.78, 5) is 0. The van der Waals surface area contributed by atoms with E-state index in [9.17, 15) is 4.39 Å². The van der Waals surface area contributed by atoms with Gasteiger partial charge in [0.15, 0.2) is 0 Å². The van der Waals surface area contributed by atoms with Gasteiger partial charge in [0.2, 0.25) is 0 Å². The van der Waals surface area contributed by atoms with Gasteiger partial charge in [-0.1, -0.05) is 0 Å². The van der Waals surface area contributed by atoms with Gasteiger partial charge in [-0.05, 0) is 31.2 Å². The molecule has 0 radical (unpaired) electrons. The number of rotatable bonds is 3. The van der Waals surface area contributed by atoms with Gasteiger partial charge < -0.3 is 4.42 Å². The summed E-state index contributed by atoms with van der Waals surface area (Å²) in [5.41, 5.74) is 5.10. The van der Waals surface area contributed by atoms with Crippen LogP contribution >= 0.6 is 0 Å². The summed E-state index contributed by atoms with van der Waals surface area (Å²) in [6.45, 7) is 1.89. The first-order valence-electron chi connectivity index (χ1n) is 6.24. The van der Waals surface area contributed by atoms with E-state index in [1.165, 1.54) is 12.1 Å². The van der Waals surface area contributed by atoms with Gasteiger partial charge in [-0.15, -0.1) is 0 Å². The van der Waals surface area contributed by atoms with E-state index in [4.69, 9.17) is 10.3 Å². The maximum Gasteiger partial charge on any atom is 0.134 e. The lowest BCUT2D eigenvalue weighted by Gasteiger charge is -2.14. The lowest BCUT2D eigenvalue weighted by Crippen LogP contribution is -2.30. The SMILES string of the molecule is Cc1c(C(NN)c2ccnn2C)oc2ccc(F)cc12. The largest absolute Gasteiger partial charge is 0.459 e. The third kappa shape index (κ3) is 1.90. The first-order valence-corrected chi connectivity index (χ1v) is 6.24. The number of halogens is 1. The summed E-state index contributed by atoms with van der Waals surface area (Å²) in [6, 6.07) is 5.99. The number of hydrogen-bond donors (Lipinski definition) is 2. The van der Waals surface area contributed by atoms with Crippen LogP contribution in [-0.2, 0) is 7.05 Å². The molecule has 0 aliphatic heterocycles. The van der Waals surface area contributed by atoms with Crippen molar-refractivity contribution in [2.45, 2.75) is 13.0 Å². The van der Waals surface area contributed by atoms with Crippen molar-refractivity contribution in [3.05, 3.63) is 53.3 Å². The highest BCUT2D eigenvalue weighted by atomic mass is 19.1. The fourth-order valence-corrected chi connectivity index (χ4v) is 2.45. The molecule has 5 nitrogen and oxygen atoms in total. The zero-order valence-electron chi connectivity index (χ0n) is 11.2. The number of nitrogens with one attached hydrogen (secondary N) is 1. The summed E-state index contributed by atoms with van der Waals surface area (Å²) in [5.74, 6) is 6.04. The van der Waals surface area contributed by atoms with Gasteiger partial charge in [-0.2, -0.15) is 5.10 Å². The molecule has 0 fully saturated rings. The standard InChI is InChI=1S/C14H15FN4O/c1-8-10-7-9(15)3-4-12(10)20-14(8)13(18-16)11-5-6-17-19(11)2/h3-7,13,18H,16H2,1-2H3. The summed E-state index contributed by atoms with van der Waals surface area (Å²) >= 11 is 0. The molecule has 6 heteroatoms. The van der Waals surface area contributed by atoms with Crippen LogP contribution in [0.3, 0.4) is 0 Å². The lowest BCUT2D eigenvalue weighted by atomic mass is 10.1. The van der Waals surface area contributed by atoms with E-state index < -0.39 is 0 Å². The van der Waals surface area contributed by atoms with E-state index >= 15 is 0 Å². The molecule has 3 aromatic rings. The first kappa shape index (κ1) is 12.8. The summed E-state index contributed by atoms with van der Waals surface area (Å²) in [6.07, 6.45) is 1.69. The molecule has 3 rings (SSSR count). The second-order valence-corrected chi connectivity index (χ2v) is 4.71. The van der Waals surface area contributed by atoms with Crippen LogP contribution in [0.5, 0.6) is 0 Å². The van der Waals surface area contributed by atoms with Crippen molar-refractivity contribution in [2.75, 3.05) is 0 Å². The third-order valence-corrected chi connectivity index (χ3v) is 3.52. The Morgan fingerprint density at radius 3 is 2.85 bits per heavy atom. The number of nitrogens with zero attached hydrogens (tertiary/aromatic N) is 2. The normalized spacial score (nSPS) is 13.0. The number of hydrazine groups is 1. The molecule has 2 aromatic heterocycles. The van der Waals surface area contributed by atoms with Gasteiger partial charge in [0, 0.05) is 24.2 Å². The first-order chi connectivity index (χ1) is 9.61. The zero-order chi connectivity index (χ0) is 14.3. The van der Waals surface area contributed by atoms with Crippen LogP contribution in [0.4, 0.5) is 4.39 Å². The van der Waals surface area contributed by atoms with Crippen LogP contribution in [0.15, 0.2) is 34.9 Å². The van der Waals surface area contributed by atoms with Crippen LogP contribution in [0.1, 0.15) is 23.1 Å². The molecular formula is C14H15FN4O. The lowest BCUT2D eigenvalue weighted by molar-refractivity contribution is 0.455. The van der Waals surface area contributed by atoms with Crippen molar-refractivity contribution in [1.29, 1.82) is 0 Å². The average molecular weight is 274 g/mol. The molecule has 2 heterocycles. The van der Waals surface area contributed by atoms with Crippen LogP contribution < -0.4 is 11.3 Å². The highest BCUT2D eigenvalue weighted by Crippen LogP contribution is 2.32. The topological polar surface area (TPSA) is 69.0 Å². The number of fused-ring (bicyclic) bond motifs is 1. The van der Waals surface area contributed by atoms with E-state index in [0.29, 0.717) is 11.3 Å². The van der Waals surface area contributed by atoms with Crippen molar-refractivity contribution in [3.63, 3.8) is 0 Å². The third-order valence-electron chi connectivity index (χ3n) is 3.52. The Kier molecular flexibility index (Phi) is 3.04. The quantitative estimate of drug-likeness (QED) is 0.567. The highest BCUT2D eigenvalue weighted by molar-refractivity contribution is 5.82. The van der Waals surface area contributed by atoms with E-state index in [-0.39, 0.29) is 11.9 Å². The Bertz CT molecular complexity index is 762. The fraction of sp³-hybridized carbons (Fsp3) is 0.214. The Hall–Kier alpha value is -2.18. The zero-order valence-corrected chi connectivity index (χ0v) is 11.2.